The van der Waals surface area contributed by atoms with Gasteiger partial charge in [-0.2, -0.15) is 5.10 Å². The number of ether oxygens (including phenoxy) is 2. The van der Waals surface area contributed by atoms with Crippen molar-refractivity contribution in [1.29, 1.82) is 0 Å². The number of hydrogen-bond donors (Lipinski definition) is 1. The maximum atomic E-state index is 14.5. The van der Waals surface area contributed by atoms with Crippen LogP contribution in [0, 0.1) is 5.82 Å². The molecule has 1 N–H and O–H groups in total. The first-order valence-electron chi connectivity index (χ1n) is 11.2. The Hall–Kier alpha value is -3.24. The number of aromatic nitrogens is 3. The van der Waals surface area contributed by atoms with Crippen LogP contribution in [0.1, 0.15) is 34.8 Å². The second-order valence-corrected chi connectivity index (χ2v) is 8.29. The van der Waals surface area contributed by atoms with Crippen LogP contribution in [0.25, 0.3) is 5.65 Å². The summed E-state index contributed by atoms with van der Waals surface area (Å²) in [5.41, 5.74) is 1.16. The standard InChI is InChI=1S/C23H26FN5O4/c24-17-12-16(13-18(14-17)33-11-8-27-6-9-32-10-7-27)20-2-1-4-28(20)21-3-5-29-22(26-21)19(15-25-29)23(30)31/h3,5,12-15,20H,1-2,4,6-11H2,(H,30,31). The molecule has 0 aliphatic carbocycles. The van der Waals surface area contributed by atoms with Gasteiger partial charge in [0, 0.05) is 38.4 Å². The summed E-state index contributed by atoms with van der Waals surface area (Å²) >= 11 is 0. The molecule has 1 unspecified atom stereocenters. The predicted molar refractivity (Wildman–Crippen MR) is 118 cm³/mol. The minimum Gasteiger partial charge on any atom is -0.492 e. The van der Waals surface area contributed by atoms with Gasteiger partial charge in [-0.05, 0) is 36.6 Å². The molecule has 0 amide bonds. The SMILES string of the molecule is O=C(O)c1cnn2ccc(N3CCCC3c3cc(F)cc(OCCN4CCOCC4)c3)nc12. The molecule has 33 heavy (non-hydrogen) atoms. The van der Waals surface area contributed by atoms with E-state index in [2.05, 4.69) is 19.9 Å². The van der Waals surface area contributed by atoms with Crippen molar-refractivity contribution in [2.75, 3.05) is 50.9 Å². The Morgan fingerprint density at radius 1 is 1.24 bits per heavy atom. The fourth-order valence-corrected chi connectivity index (χ4v) is 4.54. The molecule has 2 aliphatic rings. The number of carboxylic acids is 1. The molecule has 9 nitrogen and oxygen atoms in total. The molecule has 0 spiro atoms. The van der Waals surface area contributed by atoms with Crippen LogP contribution < -0.4 is 9.64 Å². The van der Waals surface area contributed by atoms with Gasteiger partial charge < -0.3 is 19.5 Å². The van der Waals surface area contributed by atoms with E-state index in [1.54, 1.807) is 6.20 Å². The van der Waals surface area contributed by atoms with E-state index < -0.39 is 5.97 Å². The van der Waals surface area contributed by atoms with Gasteiger partial charge in [-0.1, -0.05) is 0 Å². The number of hydrogen-bond acceptors (Lipinski definition) is 7. The average molecular weight is 455 g/mol. The first-order chi connectivity index (χ1) is 16.1. The lowest BCUT2D eigenvalue weighted by molar-refractivity contribution is 0.0322. The van der Waals surface area contributed by atoms with Crippen LogP contribution in [-0.2, 0) is 4.74 Å². The summed E-state index contributed by atoms with van der Waals surface area (Å²) in [6.07, 6.45) is 4.76. The molecule has 2 fully saturated rings. The molecule has 10 heteroatoms. The predicted octanol–water partition coefficient (Wildman–Crippen LogP) is 2.62. The Labute approximate surface area is 190 Å². The molecular formula is C23H26FN5O4. The zero-order valence-electron chi connectivity index (χ0n) is 18.2. The number of morpholine rings is 1. The van der Waals surface area contributed by atoms with Crippen molar-refractivity contribution >= 4 is 17.4 Å². The summed E-state index contributed by atoms with van der Waals surface area (Å²) in [4.78, 5) is 20.4. The van der Waals surface area contributed by atoms with Crippen LogP contribution in [0.2, 0.25) is 0 Å². The Kier molecular flexibility index (Phi) is 6.10. The van der Waals surface area contributed by atoms with Gasteiger partial charge in [0.2, 0.25) is 0 Å². The highest BCUT2D eigenvalue weighted by molar-refractivity contribution is 5.94. The van der Waals surface area contributed by atoms with Crippen molar-refractivity contribution in [3.8, 4) is 5.75 Å². The van der Waals surface area contributed by atoms with E-state index in [0.717, 1.165) is 57.8 Å². The highest BCUT2D eigenvalue weighted by atomic mass is 19.1. The number of rotatable bonds is 7. The quantitative estimate of drug-likeness (QED) is 0.581. The van der Waals surface area contributed by atoms with Gasteiger partial charge in [0.1, 0.15) is 29.6 Å². The number of nitrogens with zero attached hydrogens (tertiary/aromatic N) is 5. The number of benzene rings is 1. The minimum atomic E-state index is -1.07. The molecule has 174 valence electrons. The van der Waals surface area contributed by atoms with Crippen molar-refractivity contribution in [2.24, 2.45) is 0 Å². The molecule has 0 bridgehead atoms. The number of aromatic carboxylic acids is 1. The summed E-state index contributed by atoms with van der Waals surface area (Å²) in [6, 6.07) is 6.58. The van der Waals surface area contributed by atoms with Crippen molar-refractivity contribution in [2.45, 2.75) is 18.9 Å². The minimum absolute atomic E-state index is 0.0503. The number of halogens is 1. The molecule has 5 rings (SSSR count). The van der Waals surface area contributed by atoms with Crippen LogP contribution in [-0.4, -0.2) is 76.6 Å². The van der Waals surface area contributed by atoms with Gasteiger partial charge in [0.05, 0.1) is 25.5 Å². The smallest absolute Gasteiger partial charge is 0.341 e. The largest absolute Gasteiger partial charge is 0.492 e. The van der Waals surface area contributed by atoms with Crippen LogP contribution in [0.15, 0.2) is 36.7 Å². The Balaban J connectivity index is 1.34. The first-order valence-corrected chi connectivity index (χ1v) is 11.2. The normalized spacial score (nSPS) is 19.3. The topological polar surface area (TPSA) is 92.4 Å². The van der Waals surface area contributed by atoms with E-state index in [4.69, 9.17) is 9.47 Å². The Bertz CT molecular complexity index is 1150. The zero-order chi connectivity index (χ0) is 22.8. The first kappa shape index (κ1) is 21.6. The van der Waals surface area contributed by atoms with E-state index in [9.17, 15) is 14.3 Å². The van der Waals surface area contributed by atoms with Crippen molar-refractivity contribution in [3.05, 3.63) is 53.6 Å². The van der Waals surface area contributed by atoms with Gasteiger partial charge in [-0.3, -0.25) is 4.90 Å². The van der Waals surface area contributed by atoms with Crippen LogP contribution >= 0.6 is 0 Å². The third-order valence-electron chi connectivity index (χ3n) is 6.19. The lowest BCUT2D eigenvalue weighted by atomic mass is 10.0. The third kappa shape index (κ3) is 4.62. The van der Waals surface area contributed by atoms with Gasteiger partial charge in [-0.25, -0.2) is 18.7 Å². The molecule has 0 saturated carbocycles. The van der Waals surface area contributed by atoms with E-state index in [0.29, 0.717) is 18.2 Å². The van der Waals surface area contributed by atoms with E-state index in [1.807, 2.05) is 12.1 Å². The monoisotopic (exact) mass is 455 g/mol. The second-order valence-electron chi connectivity index (χ2n) is 8.29. The molecule has 1 aromatic carbocycles. The molecule has 2 aliphatic heterocycles. The molecule has 1 atom stereocenters. The fourth-order valence-electron chi connectivity index (χ4n) is 4.54. The highest BCUT2D eigenvalue weighted by Crippen LogP contribution is 2.37. The highest BCUT2D eigenvalue weighted by Gasteiger charge is 2.29. The molecular weight excluding hydrogens is 429 g/mol. The summed E-state index contributed by atoms with van der Waals surface area (Å²) in [7, 11) is 0. The number of carbonyl (C=O) groups is 1. The van der Waals surface area contributed by atoms with E-state index in [-0.39, 0.29) is 23.1 Å². The third-order valence-corrected chi connectivity index (χ3v) is 6.19. The molecule has 4 heterocycles. The Morgan fingerprint density at radius 2 is 2.09 bits per heavy atom. The van der Waals surface area contributed by atoms with Crippen LogP contribution in [0.4, 0.5) is 10.2 Å². The Morgan fingerprint density at radius 3 is 2.91 bits per heavy atom. The molecule has 0 radical (unpaired) electrons. The van der Waals surface area contributed by atoms with Crippen molar-refractivity contribution < 1.29 is 23.8 Å². The molecule has 3 aromatic rings. The van der Waals surface area contributed by atoms with Gasteiger partial charge in [0.25, 0.3) is 0 Å². The lowest BCUT2D eigenvalue weighted by Gasteiger charge is -2.27. The van der Waals surface area contributed by atoms with E-state index in [1.165, 1.54) is 22.8 Å². The van der Waals surface area contributed by atoms with Crippen LogP contribution in [0.3, 0.4) is 0 Å². The summed E-state index contributed by atoms with van der Waals surface area (Å²) < 4.78 is 27.2. The zero-order valence-corrected chi connectivity index (χ0v) is 18.2. The maximum absolute atomic E-state index is 14.5. The number of carboxylic acid groups (broad SMARTS) is 1. The summed E-state index contributed by atoms with van der Waals surface area (Å²) in [6.45, 7) is 5.22. The second kappa shape index (κ2) is 9.32. The average Bonchev–Trinajstić information content (AvgIpc) is 3.46. The van der Waals surface area contributed by atoms with Crippen molar-refractivity contribution in [3.63, 3.8) is 0 Å². The maximum Gasteiger partial charge on any atom is 0.341 e. The van der Waals surface area contributed by atoms with Crippen molar-refractivity contribution in [1.82, 2.24) is 19.5 Å². The lowest BCUT2D eigenvalue weighted by Crippen LogP contribution is -2.38. The van der Waals surface area contributed by atoms with Gasteiger partial charge in [-0.15, -0.1) is 0 Å². The number of fused-ring (bicyclic) bond motifs is 1. The summed E-state index contributed by atoms with van der Waals surface area (Å²) in [5.74, 6) is -0.255. The van der Waals surface area contributed by atoms with Crippen LogP contribution in [0.5, 0.6) is 5.75 Å². The van der Waals surface area contributed by atoms with Gasteiger partial charge in [0.15, 0.2) is 5.65 Å². The van der Waals surface area contributed by atoms with E-state index >= 15 is 0 Å². The fraction of sp³-hybridized carbons (Fsp3) is 0.435. The molecule has 2 saturated heterocycles. The number of anilines is 1. The van der Waals surface area contributed by atoms with Gasteiger partial charge >= 0.3 is 5.97 Å². The molecule has 2 aromatic heterocycles. The summed E-state index contributed by atoms with van der Waals surface area (Å²) in [5, 5.41) is 13.4.